The number of hydrogen-bond donors (Lipinski definition) is 0. The van der Waals surface area contributed by atoms with Gasteiger partial charge in [-0.15, -0.1) is 0 Å². The zero-order valence-corrected chi connectivity index (χ0v) is 46.9. The summed E-state index contributed by atoms with van der Waals surface area (Å²) in [4.78, 5) is 0. The standard InChI is InChI=1S/C46H26.C38H20.CH3F/c1-5-13-31(14-6-1)21-23-35-25-39-40(26-36(35)24-22-32-15-7-2-8-16-32)44-30-46-42-28-38(34-19-11-4-12-20-34)37(33-17-9-3-10-18-33)27-41(42)45(46)29-43(39)44;1-3-9-25(10-4-1)15-17-29-21-33-34(22-30(29)18-16-26-11-5-2-6-12-26)38-24-36-32-20-28-14-8-7-13-27(28)19-31(32)35(36)23-37(33)38;1-2/h1-20,25-30H;1-14,19-24H;1H3. The molecule has 0 aliphatic carbocycles. The highest BCUT2D eigenvalue weighted by Crippen LogP contribution is 2.49. The van der Waals surface area contributed by atoms with Crippen LogP contribution in [-0.4, -0.2) is 7.18 Å². The van der Waals surface area contributed by atoms with Gasteiger partial charge in [-0.1, -0.05) is 205 Å². The van der Waals surface area contributed by atoms with Crippen molar-refractivity contribution in [2.24, 2.45) is 0 Å². The molecule has 0 spiro atoms. The summed E-state index contributed by atoms with van der Waals surface area (Å²) in [5.41, 5.74) is 12.8. The Morgan fingerprint density at radius 2 is 0.384 bits per heavy atom. The Morgan fingerprint density at radius 3 is 0.640 bits per heavy atom. The summed E-state index contributed by atoms with van der Waals surface area (Å²) in [5, 5.41) is 23.5. The topological polar surface area (TPSA) is 0 Å². The quantitative estimate of drug-likeness (QED) is 0.151. The van der Waals surface area contributed by atoms with Gasteiger partial charge in [-0.3, -0.25) is 4.39 Å². The van der Waals surface area contributed by atoms with Crippen molar-refractivity contribution in [3.05, 3.63) is 324 Å². The van der Waals surface area contributed by atoms with E-state index in [0.717, 1.165) is 44.5 Å². The molecule has 0 aliphatic rings. The van der Waals surface area contributed by atoms with Crippen molar-refractivity contribution in [3.8, 4) is 69.6 Å². The number of halogens is 1. The maximum Gasteiger partial charge on any atom is 0.0785 e. The van der Waals surface area contributed by atoms with E-state index >= 15 is 0 Å². The van der Waals surface area contributed by atoms with Gasteiger partial charge in [-0.25, -0.2) is 0 Å². The van der Waals surface area contributed by atoms with E-state index in [1.807, 2.05) is 121 Å². The molecule has 86 heavy (non-hydrogen) atoms. The van der Waals surface area contributed by atoms with E-state index in [1.54, 1.807) is 0 Å². The van der Waals surface area contributed by atoms with Crippen LogP contribution < -0.4 is 0 Å². The van der Waals surface area contributed by atoms with Crippen LogP contribution in [0.25, 0.3) is 119 Å². The molecular formula is C85H49F. The molecule has 396 valence electrons. The molecule has 0 unspecified atom stereocenters. The molecular weight excluding hydrogens is 1040 g/mol. The third kappa shape index (κ3) is 9.25. The average molecular weight is 1090 g/mol. The first-order valence-corrected chi connectivity index (χ1v) is 28.8. The maximum absolute atomic E-state index is 9.50. The summed E-state index contributed by atoms with van der Waals surface area (Å²) in [6.45, 7) is 0. The van der Waals surface area contributed by atoms with E-state index in [9.17, 15) is 4.39 Å². The van der Waals surface area contributed by atoms with Gasteiger partial charge in [0.15, 0.2) is 0 Å². The molecule has 17 aromatic rings. The van der Waals surface area contributed by atoms with Crippen LogP contribution in [0.15, 0.2) is 279 Å². The zero-order chi connectivity index (χ0) is 57.5. The second-order valence-corrected chi connectivity index (χ2v) is 21.7. The summed E-state index contributed by atoms with van der Waals surface area (Å²) < 4.78 is 9.50. The van der Waals surface area contributed by atoms with Crippen molar-refractivity contribution in [2.45, 2.75) is 0 Å². The Bertz CT molecular complexity index is 5280. The van der Waals surface area contributed by atoms with Crippen LogP contribution in [-0.2, 0) is 0 Å². The minimum absolute atomic E-state index is 0.500. The maximum atomic E-state index is 9.50. The molecule has 0 radical (unpaired) electrons. The minimum Gasteiger partial charge on any atom is -0.255 e. The molecule has 0 amide bonds. The molecule has 0 nitrogen and oxygen atoms in total. The molecule has 0 saturated heterocycles. The fourth-order valence-electron chi connectivity index (χ4n) is 12.3. The van der Waals surface area contributed by atoms with Gasteiger partial charge in [0, 0.05) is 44.5 Å². The third-order valence-corrected chi connectivity index (χ3v) is 16.6. The fourth-order valence-corrected chi connectivity index (χ4v) is 12.3. The van der Waals surface area contributed by atoms with E-state index in [2.05, 4.69) is 205 Å². The first-order chi connectivity index (χ1) is 42.6. The second-order valence-electron chi connectivity index (χ2n) is 21.7. The Kier molecular flexibility index (Phi) is 13.0. The van der Waals surface area contributed by atoms with Gasteiger partial charge in [0.25, 0.3) is 0 Å². The van der Waals surface area contributed by atoms with Gasteiger partial charge in [0.2, 0.25) is 0 Å². The van der Waals surface area contributed by atoms with Gasteiger partial charge in [0.1, 0.15) is 0 Å². The van der Waals surface area contributed by atoms with Crippen molar-refractivity contribution in [1.82, 2.24) is 0 Å². The van der Waals surface area contributed by atoms with Crippen LogP contribution in [0.1, 0.15) is 44.5 Å². The van der Waals surface area contributed by atoms with Crippen LogP contribution >= 0.6 is 0 Å². The lowest BCUT2D eigenvalue weighted by molar-refractivity contribution is 0.636. The van der Waals surface area contributed by atoms with E-state index in [1.165, 1.54) is 119 Å². The lowest BCUT2D eigenvalue weighted by atomic mass is 9.82. The molecule has 1 heteroatoms. The molecule has 17 aromatic carbocycles. The highest BCUT2D eigenvalue weighted by Gasteiger charge is 2.22. The van der Waals surface area contributed by atoms with E-state index in [4.69, 9.17) is 0 Å². The van der Waals surface area contributed by atoms with E-state index in [0.29, 0.717) is 7.18 Å². The number of rotatable bonds is 2. The first-order valence-electron chi connectivity index (χ1n) is 28.8. The predicted octanol–water partition coefficient (Wildman–Crippen LogP) is 21.0. The number of hydrogen-bond acceptors (Lipinski definition) is 0. The van der Waals surface area contributed by atoms with Crippen molar-refractivity contribution < 1.29 is 4.39 Å². The second kappa shape index (κ2) is 21.9. The highest BCUT2D eigenvalue weighted by molar-refractivity contribution is 6.37. The number of alkyl halides is 1. The summed E-state index contributed by atoms with van der Waals surface area (Å²) in [5.74, 6) is 27.1. The molecule has 0 heterocycles. The fraction of sp³-hybridized carbons (Fsp3) is 0.0118. The van der Waals surface area contributed by atoms with Gasteiger partial charge < -0.3 is 0 Å². The number of benzene rings is 13. The monoisotopic (exact) mass is 1090 g/mol. The van der Waals surface area contributed by atoms with Crippen molar-refractivity contribution in [3.63, 3.8) is 0 Å². The van der Waals surface area contributed by atoms with Crippen LogP contribution in [0, 0.1) is 47.4 Å². The molecule has 0 aliphatic heterocycles. The minimum atomic E-state index is 0.500. The molecule has 0 aromatic heterocycles. The Hall–Kier alpha value is -11.7. The Morgan fingerprint density at radius 1 is 0.186 bits per heavy atom. The smallest absolute Gasteiger partial charge is 0.0785 e. The molecule has 0 saturated carbocycles. The van der Waals surface area contributed by atoms with Crippen LogP contribution in [0.2, 0.25) is 0 Å². The van der Waals surface area contributed by atoms with Gasteiger partial charge in [0.05, 0.1) is 7.18 Å². The van der Waals surface area contributed by atoms with E-state index in [-0.39, 0.29) is 0 Å². The summed E-state index contributed by atoms with van der Waals surface area (Å²) >= 11 is 0. The third-order valence-electron chi connectivity index (χ3n) is 16.6. The van der Waals surface area contributed by atoms with Gasteiger partial charge in [-0.05, 0) is 241 Å². The molecule has 0 bridgehead atoms. The van der Waals surface area contributed by atoms with E-state index < -0.39 is 0 Å². The Labute approximate surface area is 498 Å². The first kappa shape index (κ1) is 51.2. The van der Waals surface area contributed by atoms with Crippen molar-refractivity contribution >= 4 is 97.0 Å². The molecule has 0 atom stereocenters. The number of fused-ring (bicyclic) bond motifs is 17. The normalized spacial score (nSPS) is 11.0. The lowest BCUT2D eigenvalue weighted by Crippen LogP contribution is -1.95. The van der Waals surface area contributed by atoms with Crippen LogP contribution in [0.3, 0.4) is 0 Å². The van der Waals surface area contributed by atoms with Crippen molar-refractivity contribution in [1.29, 1.82) is 0 Å². The molecule has 0 N–H and O–H groups in total. The summed E-state index contributed by atoms with van der Waals surface area (Å²) in [6.07, 6.45) is 0. The van der Waals surface area contributed by atoms with Gasteiger partial charge >= 0.3 is 0 Å². The van der Waals surface area contributed by atoms with Crippen molar-refractivity contribution in [2.75, 3.05) is 7.18 Å². The lowest BCUT2D eigenvalue weighted by Gasteiger charge is -2.21. The molecule has 0 fully saturated rings. The zero-order valence-electron chi connectivity index (χ0n) is 46.9. The predicted molar refractivity (Wildman–Crippen MR) is 363 cm³/mol. The average Bonchev–Trinajstić information content (AvgIpc) is 0.726. The molecule has 17 rings (SSSR count). The van der Waals surface area contributed by atoms with Crippen LogP contribution in [0.4, 0.5) is 4.39 Å². The SMILES string of the molecule is C(#Cc1cc2c(cc1C#Cc1ccccc1)c1cc3c4cc(-c5ccccc5)c(-c5ccccc5)cc4c3cc21)c1ccccc1.C(#Cc1cc2c(cc1C#Cc1ccccc1)c1cc3c4cc5ccccc5cc4c3cc21)c1ccccc1.CF. The summed E-state index contributed by atoms with van der Waals surface area (Å²) in [6, 6.07) is 98.5. The summed E-state index contributed by atoms with van der Waals surface area (Å²) in [7, 11) is 0.500. The Balaban J connectivity index is 0.000000144. The largest absolute Gasteiger partial charge is 0.255 e. The highest BCUT2D eigenvalue weighted by atomic mass is 19.1. The van der Waals surface area contributed by atoms with Gasteiger partial charge in [-0.2, -0.15) is 0 Å². The van der Waals surface area contributed by atoms with Crippen LogP contribution in [0.5, 0.6) is 0 Å².